The van der Waals surface area contributed by atoms with Gasteiger partial charge in [-0.05, 0) is 61.1 Å². The summed E-state index contributed by atoms with van der Waals surface area (Å²) in [6.45, 7) is 5.57. The van der Waals surface area contributed by atoms with Crippen molar-refractivity contribution in [2.24, 2.45) is 0 Å². The lowest BCUT2D eigenvalue weighted by atomic mass is 9.88. The van der Waals surface area contributed by atoms with Gasteiger partial charge in [0.05, 0.1) is 5.52 Å². The maximum absolute atomic E-state index is 5.11. The van der Waals surface area contributed by atoms with E-state index in [0.717, 1.165) is 19.0 Å². The van der Waals surface area contributed by atoms with Crippen molar-refractivity contribution in [2.45, 2.75) is 70.9 Å². The van der Waals surface area contributed by atoms with Gasteiger partial charge in [0.15, 0.2) is 0 Å². The average Bonchev–Trinajstić information content (AvgIpc) is 3.35. The summed E-state index contributed by atoms with van der Waals surface area (Å²) >= 11 is 0. The lowest BCUT2D eigenvalue weighted by molar-refractivity contribution is 0.642. The Labute approximate surface area is 133 Å². The van der Waals surface area contributed by atoms with Crippen molar-refractivity contribution in [3.8, 4) is 0 Å². The molecule has 0 spiro atoms. The molecule has 1 N–H and O–H groups in total. The lowest BCUT2D eigenvalue weighted by Gasteiger charge is -2.22. The third-order valence-electron chi connectivity index (χ3n) is 5.21. The topological polar surface area (TPSA) is 24.9 Å². The number of hydrogen-bond acceptors (Lipinski definition) is 2. The molecule has 22 heavy (non-hydrogen) atoms. The molecule has 2 aliphatic rings. The van der Waals surface area contributed by atoms with Crippen LogP contribution in [0.1, 0.15) is 67.8 Å². The summed E-state index contributed by atoms with van der Waals surface area (Å²) < 4.78 is 0. The molecule has 0 saturated heterocycles. The fourth-order valence-electron chi connectivity index (χ4n) is 3.77. The number of hydrogen-bond donors (Lipinski definition) is 1. The van der Waals surface area contributed by atoms with Crippen LogP contribution in [0.15, 0.2) is 18.2 Å². The maximum Gasteiger partial charge on any atom is 0.0743 e. The molecule has 1 aromatic carbocycles. The Balaban J connectivity index is 1.89. The molecule has 0 aliphatic heterocycles. The van der Waals surface area contributed by atoms with Gasteiger partial charge in [-0.25, -0.2) is 0 Å². The summed E-state index contributed by atoms with van der Waals surface area (Å²) in [5.41, 5.74) is 7.12. The molecular formula is C20H26N2. The first-order valence-electron chi connectivity index (χ1n) is 8.90. The molecule has 0 unspecified atom stereocenters. The Bertz CT molecular complexity index is 698. The van der Waals surface area contributed by atoms with Crippen LogP contribution in [-0.4, -0.2) is 11.0 Å². The van der Waals surface area contributed by atoms with Crippen LogP contribution in [0.2, 0.25) is 0 Å². The summed E-state index contributed by atoms with van der Waals surface area (Å²) in [4.78, 5) is 5.11. The summed E-state index contributed by atoms with van der Waals surface area (Å²) in [6, 6.07) is 7.52. The molecule has 2 aliphatic carbocycles. The van der Waals surface area contributed by atoms with Gasteiger partial charge < -0.3 is 5.32 Å². The van der Waals surface area contributed by atoms with Gasteiger partial charge >= 0.3 is 0 Å². The van der Waals surface area contributed by atoms with E-state index in [2.05, 4.69) is 37.4 Å². The average molecular weight is 294 g/mol. The fraction of sp³-hybridized carbons (Fsp3) is 0.550. The fourth-order valence-corrected chi connectivity index (χ4v) is 3.77. The molecule has 0 atom stereocenters. The minimum Gasteiger partial charge on any atom is -0.310 e. The van der Waals surface area contributed by atoms with Gasteiger partial charge in [0.25, 0.3) is 0 Å². The SMILES string of the molecule is CC(C)c1cccc2c(CNC3CC3)c3c(nc12)CCCC3. The van der Waals surface area contributed by atoms with Crippen LogP contribution in [0.5, 0.6) is 0 Å². The van der Waals surface area contributed by atoms with E-state index >= 15 is 0 Å². The number of pyridine rings is 1. The van der Waals surface area contributed by atoms with Crippen molar-refractivity contribution < 1.29 is 0 Å². The van der Waals surface area contributed by atoms with Gasteiger partial charge in [-0.1, -0.05) is 32.0 Å². The van der Waals surface area contributed by atoms with Gasteiger partial charge in [-0.2, -0.15) is 0 Å². The largest absolute Gasteiger partial charge is 0.310 e. The van der Waals surface area contributed by atoms with E-state index in [-0.39, 0.29) is 0 Å². The molecule has 2 aromatic rings. The van der Waals surface area contributed by atoms with Gasteiger partial charge in [0, 0.05) is 23.7 Å². The van der Waals surface area contributed by atoms with E-state index in [0.29, 0.717) is 5.92 Å². The zero-order valence-corrected chi connectivity index (χ0v) is 13.8. The van der Waals surface area contributed by atoms with E-state index in [1.807, 2.05) is 0 Å². The van der Waals surface area contributed by atoms with Crippen LogP contribution >= 0.6 is 0 Å². The van der Waals surface area contributed by atoms with Crippen LogP contribution in [-0.2, 0) is 19.4 Å². The van der Waals surface area contributed by atoms with Gasteiger partial charge in [-0.15, -0.1) is 0 Å². The molecule has 0 radical (unpaired) electrons. The number of nitrogens with one attached hydrogen (secondary N) is 1. The number of aromatic nitrogens is 1. The molecule has 4 rings (SSSR count). The van der Waals surface area contributed by atoms with Crippen molar-refractivity contribution in [1.29, 1.82) is 0 Å². The smallest absolute Gasteiger partial charge is 0.0743 e. The summed E-state index contributed by atoms with van der Waals surface area (Å²) in [6.07, 6.45) is 7.69. The van der Waals surface area contributed by atoms with Gasteiger partial charge in [-0.3, -0.25) is 4.98 Å². The van der Waals surface area contributed by atoms with E-state index < -0.39 is 0 Å². The van der Waals surface area contributed by atoms with E-state index in [4.69, 9.17) is 4.98 Å². The van der Waals surface area contributed by atoms with Crippen LogP contribution in [0.4, 0.5) is 0 Å². The van der Waals surface area contributed by atoms with Crippen LogP contribution in [0.3, 0.4) is 0 Å². The predicted molar refractivity (Wildman–Crippen MR) is 92.3 cm³/mol. The molecule has 2 heteroatoms. The normalized spacial score (nSPS) is 18.0. The van der Waals surface area contributed by atoms with Crippen molar-refractivity contribution in [3.63, 3.8) is 0 Å². The Kier molecular flexibility index (Phi) is 3.65. The van der Waals surface area contributed by atoms with Gasteiger partial charge in [0.1, 0.15) is 0 Å². The maximum atomic E-state index is 5.11. The third kappa shape index (κ3) is 2.54. The zero-order chi connectivity index (χ0) is 15.1. The first-order chi connectivity index (χ1) is 10.7. The molecule has 1 fully saturated rings. The van der Waals surface area contributed by atoms with Crippen molar-refractivity contribution in [2.75, 3.05) is 0 Å². The number of nitrogens with zero attached hydrogens (tertiary/aromatic N) is 1. The molecule has 1 aromatic heterocycles. The number of aryl methyl sites for hydroxylation is 1. The zero-order valence-electron chi connectivity index (χ0n) is 13.8. The Morgan fingerprint density at radius 1 is 1.18 bits per heavy atom. The van der Waals surface area contributed by atoms with Gasteiger partial charge in [0.2, 0.25) is 0 Å². The molecule has 1 heterocycles. The highest BCUT2D eigenvalue weighted by molar-refractivity contribution is 5.87. The molecule has 116 valence electrons. The number of benzene rings is 1. The number of rotatable bonds is 4. The second-order valence-corrected chi connectivity index (χ2v) is 7.28. The first-order valence-corrected chi connectivity index (χ1v) is 8.90. The molecule has 2 nitrogen and oxygen atoms in total. The van der Waals surface area contributed by atoms with E-state index in [1.165, 1.54) is 59.8 Å². The monoisotopic (exact) mass is 294 g/mol. The Morgan fingerprint density at radius 3 is 2.77 bits per heavy atom. The van der Waals surface area contributed by atoms with Crippen molar-refractivity contribution in [3.05, 3.63) is 40.6 Å². The van der Waals surface area contributed by atoms with E-state index in [1.54, 1.807) is 5.56 Å². The highest BCUT2D eigenvalue weighted by Gasteiger charge is 2.23. The highest BCUT2D eigenvalue weighted by atomic mass is 14.9. The van der Waals surface area contributed by atoms with Crippen LogP contribution < -0.4 is 5.32 Å². The second-order valence-electron chi connectivity index (χ2n) is 7.28. The molecule has 1 saturated carbocycles. The summed E-state index contributed by atoms with van der Waals surface area (Å²) in [7, 11) is 0. The van der Waals surface area contributed by atoms with E-state index in [9.17, 15) is 0 Å². The number of para-hydroxylation sites is 1. The van der Waals surface area contributed by atoms with Crippen molar-refractivity contribution >= 4 is 10.9 Å². The Hall–Kier alpha value is -1.41. The predicted octanol–water partition coefficient (Wildman–Crippen LogP) is 4.49. The number of fused-ring (bicyclic) bond motifs is 2. The molecule has 0 amide bonds. The second kappa shape index (κ2) is 5.66. The minimum absolute atomic E-state index is 0.530. The van der Waals surface area contributed by atoms with Crippen LogP contribution in [0.25, 0.3) is 10.9 Å². The standard InChI is InChI=1S/C20H26N2/c1-13(2)15-7-5-8-17-18(12-21-14-10-11-14)16-6-3-4-9-19(16)22-20(15)17/h5,7-8,13-14,21H,3-4,6,9-12H2,1-2H3. The van der Waals surface area contributed by atoms with Crippen LogP contribution in [0, 0.1) is 0 Å². The molecular weight excluding hydrogens is 268 g/mol. The summed E-state index contributed by atoms with van der Waals surface area (Å²) in [5, 5.41) is 5.12. The Morgan fingerprint density at radius 2 is 2.00 bits per heavy atom. The third-order valence-corrected chi connectivity index (χ3v) is 5.21. The first kappa shape index (κ1) is 14.2. The lowest BCUT2D eigenvalue weighted by Crippen LogP contribution is -2.19. The van der Waals surface area contributed by atoms with Crippen molar-refractivity contribution in [1.82, 2.24) is 10.3 Å². The minimum atomic E-state index is 0.530. The molecule has 0 bridgehead atoms. The highest BCUT2D eigenvalue weighted by Crippen LogP contribution is 2.33. The summed E-state index contributed by atoms with van der Waals surface area (Å²) in [5.74, 6) is 0.530. The quantitative estimate of drug-likeness (QED) is 0.898.